The molecule has 1 aromatic carbocycles. The number of benzene rings is 1. The van der Waals surface area contributed by atoms with Crippen molar-refractivity contribution in [1.29, 1.82) is 0 Å². The molecule has 0 fully saturated rings. The Kier molecular flexibility index (Phi) is 5.86. The van der Waals surface area contributed by atoms with Crippen molar-refractivity contribution in [3.05, 3.63) is 36.0 Å². The monoisotopic (exact) mass is 360 g/mol. The summed E-state index contributed by atoms with van der Waals surface area (Å²) in [5.41, 5.74) is 5.70. The Morgan fingerprint density at radius 3 is 2.50 bits per heavy atom. The molecule has 1 heterocycles. The number of carbonyl (C=O) groups excluding carboxylic acids is 3. The molecule has 1 aromatic heterocycles. The van der Waals surface area contributed by atoms with E-state index >= 15 is 0 Å². The molecule has 1 atom stereocenters. The molecule has 2 rings (SSSR count). The third-order valence-corrected chi connectivity index (χ3v) is 3.46. The van der Waals surface area contributed by atoms with Crippen molar-refractivity contribution < 1.29 is 19.1 Å². The average Bonchev–Trinajstić information content (AvgIpc) is 2.93. The summed E-state index contributed by atoms with van der Waals surface area (Å²) in [5, 5.41) is 3.58. The molecule has 140 valence electrons. The minimum Gasteiger partial charge on any atom is -0.436 e. The lowest BCUT2D eigenvalue weighted by molar-refractivity contribution is -0.133. The highest BCUT2D eigenvalue weighted by molar-refractivity contribution is 5.88. The summed E-state index contributed by atoms with van der Waals surface area (Å²) in [6.07, 6.45) is 0.116. The second-order valence-corrected chi connectivity index (χ2v) is 7.00. The van der Waals surface area contributed by atoms with Crippen LogP contribution in [0.2, 0.25) is 0 Å². The highest BCUT2D eigenvalue weighted by Crippen LogP contribution is 2.20. The van der Waals surface area contributed by atoms with Crippen molar-refractivity contribution in [3.63, 3.8) is 0 Å². The van der Waals surface area contributed by atoms with Crippen molar-refractivity contribution >= 4 is 28.8 Å². The van der Waals surface area contributed by atoms with Gasteiger partial charge in [-0.15, -0.1) is 0 Å². The zero-order valence-corrected chi connectivity index (χ0v) is 15.3. The molecule has 3 amide bonds. The minimum atomic E-state index is -1.11. The standard InChI is InChI=1S/C18H24N4O4/c1-11(23)21-22-16(24)15(26-17(25)20-18(2,3)4)9-12-10-19-14-8-6-5-7-13(12)14/h5-8,10,15,19H,9H2,1-4H3,(H,20,25)(H,21,23)(H,22,24)/t15-/m0/s1. The third-order valence-electron chi connectivity index (χ3n) is 3.46. The van der Waals surface area contributed by atoms with Gasteiger partial charge in [0.1, 0.15) is 0 Å². The molecule has 0 saturated heterocycles. The van der Waals surface area contributed by atoms with E-state index in [-0.39, 0.29) is 6.42 Å². The zero-order chi connectivity index (χ0) is 19.3. The Hall–Kier alpha value is -3.03. The summed E-state index contributed by atoms with van der Waals surface area (Å²) in [5.74, 6) is -1.04. The van der Waals surface area contributed by atoms with E-state index in [1.807, 2.05) is 24.3 Å². The van der Waals surface area contributed by atoms with Gasteiger partial charge in [-0.25, -0.2) is 4.79 Å². The molecule has 0 aliphatic heterocycles. The van der Waals surface area contributed by atoms with E-state index in [4.69, 9.17) is 4.74 Å². The largest absolute Gasteiger partial charge is 0.436 e. The fourth-order valence-corrected chi connectivity index (χ4v) is 2.38. The maximum absolute atomic E-state index is 12.4. The summed E-state index contributed by atoms with van der Waals surface area (Å²) >= 11 is 0. The number of hydrogen-bond acceptors (Lipinski definition) is 4. The van der Waals surface area contributed by atoms with Gasteiger partial charge in [-0.05, 0) is 32.4 Å². The number of aromatic amines is 1. The van der Waals surface area contributed by atoms with Gasteiger partial charge in [0.2, 0.25) is 5.91 Å². The van der Waals surface area contributed by atoms with Gasteiger partial charge in [0.05, 0.1) is 0 Å². The van der Waals surface area contributed by atoms with Crippen LogP contribution in [0.4, 0.5) is 4.79 Å². The van der Waals surface area contributed by atoms with E-state index in [0.717, 1.165) is 16.5 Å². The minimum absolute atomic E-state index is 0.160. The number of ether oxygens (including phenoxy) is 1. The molecule has 0 saturated carbocycles. The second kappa shape index (κ2) is 7.90. The van der Waals surface area contributed by atoms with Gasteiger partial charge in [-0.2, -0.15) is 0 Å². The van der Waals surface area contributed by atoms with Crippen LogP contribution in [-0.4, -0.2) is 34.5 Å². The number of alkyl carbamates (subject to hydrolysis) is 1. The van der Waals surface area contributed by atoms with E-state index < -0.39 is 29.6 Å². The SMILES string of the molecule is CC(=O)NNC(=O)[C@H](Cc1c[nH]c2ccccc12)OC(=O)NC(C)(C)C. The lowest BCUT2D eigenvalue weighted by Crippen LogP contribution is -2.50. The van der Waals surface area contributed by atoms with Gasteiger partial charge < -0.3 is 15.0 Å². The summed E-state index contributed by atoms with van der Waals surface area (Å²) in [7, 11) is 0. The second-order valence-electron chi connectivity index (χ2n) is 7.00. The Labute approximate surface area is 151 Å². The third kappa shape index (κ3) is 5.51. The zero-order valence-electron chi connectivity index (χ0n) is 15.3. The molecule has 0 aliphatic rings. The first-order chi connectivity index (χ1) is 12.2. The van der Waals surface area contributed by atoms with E-state index in [2.05, 4.69) is 21.2 Å². The maximum Gasteiger partial charge on any atom is 0.408 e. The normalized spacial score (nSPS) is 12.3. The number of hydrogen-bond donors (Lipinski definition) is 4. The molecule has 0 unspecified atom stereocenters. The first-order valence-electron chi connectivity index (χ1n) is 8.26. The molecule has 0 radical (unpaired) electrons. The Balaban J connectivity index is 2.17. The number of rotatable bonds is 4. The molecule has 8 nitrogen and oxygen atoms in total. The van der Waals surface area contributed by atoms with E-state index in [0.29, 0.717) is 0 Å². The summed E-state index contributed by atoms with van der Waals surface area (Å²) in [6.45, 7) is 6.68. The fraction of sp³-hybridized carbons (Fsp3) is 0.389. The number of amides is 3. The topological polar surface area (TPSA) is 112 Å². The number of H-pyrrole nitrogens is 1. The number of hydrazine groups is 1. The first-order valence-corrected chi connectivity index (χ1v) is 8.26. The predicted octanol–water partition coefficient (Wildman–Crippen LogP) is 1.77. The number of nitrogens with one attached hydrogen (secondary N) is 4. The molecule has 2 aromatic rings. The van der Waals surface area contributed by atoms with Crippen LogP contribution in [0.5, 0.6) is 0 Å². The van der Waals surface area contributed by atoms with Gasteiger partial charge in [0, 0.05) is 36.0 Å². The molecule has 0 bridgehead atoms. The van der Waals surface area contributed by atoms with Gasteiger partial charge in [0.25, 0.3) is 5.91 Å². The van der Waals surface area contributed by atoms with Gasteiger partial charge >= 0.3 is 6.09 Å². The quantitative estimate of drug-likeness (QED) is 0.623. The average molecular weight is 360 g/mol. The highest BCUT2D eigenvalue weighted by atomic mass is 16.6. The van der Waals surface area contributed by atoms with Crippen LogP contribution >= 0.6 is 0 Å². The van der Waals surface area contributed by atoms with Crippen LogP contribution in [0.25, 0.3) is 10.9 Å². The van der Waals surface area contributed by atoms with Crippen molar-refractivity contribution in [3.8, 4) is 0 Å². The molecular formula is C18H24N4O4. The summed E-state index contributed by atoms with van der Waals surface area (Å²) in [4.78, 5) is 38.6. The molecule has 26 heavy (non-hydrogen) atoms. The molecule has 0 spiro atoms. The Morgan fingerprint density at radius 2 is 1.85 bits per heavy atom. The van der Waals surface area contributed by atoms with Gasteiger partial charge in [0.15, 0.2) is 6.10 Å². The highest BCUT2D eigenvalue weighted by Gasteiger charge is 2.26. The smallest absolute Gasteiger partial charge is 0.408 e. The lowest BCUT2D eigenvalue weighted by Gasteiger charge is -2.23. The lowest BCUT2D eigenvalue weighted by atomic mass is 10.1. The van der Waals surface area contributed by atoms with Crippen LogP contribution in [0, 0.1) is 0 Å². The van der Waals surface area contributed by atoms with Crippen molar-refractivity contribution in [1.82, 2.24) is 21.2 Å². The van der Waals surface area contributed by atoms with Crippen molar-refractivity contribution in [2.45, 2.75) is 45.8 Å². The van der Waals surface area contributed by atoms with E-state index in [9.17, 15) is 14.4 Å². The van der Waals surface area contributed by atoms with Crippen molar-refractivity contribution in [2.75, 3.05) is 0 Å². The van der Waals surface area contributed by atoms with Crippen LogP contribution in [0.15, 0.2) is 30.5 Å². The van der Waals surface area contributed by atoms with Gasteiger partial charge in [-0.3, -0.25) is 20.4 Å². The van der Waals surface area contributed by atoms with E-state index in [1.165, 1.54) is 6.92 Å². The van der Waals surface area contributed by atoms with Crippen LogP contribution < -0.4 is 16.2 Å². The number of carbonyl (C=O) groups is 3. The Morgan fingerprint density at radius 1 is 1.15 bits per heavy atom. The molecule has 8 heteroatoms. The molecule has 4 N–H and O–H groups in total. The number of aromatic nitrogens is 1. The Bertz CT molecular complexity index is 807. The molecule has 0 aliphatic carbocycles. The maximum atomic E-state index is 12.4. The van der Waals surface area contributed by atoms with Crippen LogP contribution in [0.3, 0.4) is 0 Å². The van der Waals surface area contributed by atoms with E-state index in [1.54, 1.807) is 27.0 Å². The number of para-hydroxylation sites is 1. The summed E-state index contributed by atoms with van der Waals surface area (Å²) < 4.78 is 5.32. The predicted molar refractivity (Wildman–Crippen MR) is 97.1 cm³/mol. The van der Waals surface area contributed by atoms with Crippen LogP contribution in [0.1, 0.15) is 33.3 Å². The fourth-order valence-electron chi connectivity index (χ4n) is 2.38. The van der Waals surface area contributed by atoms with Crippen molar-refractivity contribution in [2.24, 2.45) is 0 Å². The van der Waals surface area contributed by atoms with Crippen LogP contribution in [-0.2, 0) is 20.7 Å². The molecular weight excluding hydrogens is 336 g/mol. The summed E-state index contributed by atoms with van der Waals surface area (Å²) in [6, 6.07) is 7.62. The van der Waals surface area contributed by atoms with Gasteiger partial charge in [-0.1, -0.05) is 18.2 Å². The first kappa shape index (κ1) is 19.3. The number of fused-ring (bicyclic) bond motifs is 1.